The highest BCUT2D eigenvalue weighted by atomic mass is 32.2. The highest BCUT2D eigenvalue weighted by molar-refractivity contribution is 7.98. The molecule has 2 heteroatoms. The number of hydrogen-bond donors (Lipinski definition) is 1. The maximum absolute atomic E-state index is 6.35. The molecule has 19 heavy (non-hydrogen) atoms. The molecule has 0 amide bonds. The van der Waals surface area contributed by atoms with E-state index in [1.165, 1.54) is 27.1 Å². The van der Waals surface area contributed by atoms with Crippen LogP contribution in [-0.4, -0.2) is 6.26 Å². The van der Waals surface area contributed by atoms with Gasteiger partial charge in [-0.05, 0) is 60.9 Å². The van der Waals surface area contributed by atoms with E-state index in [-0.39, 0.29) is 6.04 Å². The summed E-state index contributed by atoms with van der Waals surface area (Å²) in [6.45, 7) is 4.32. The normalized spacial score (nSPS) is 12.4. The number of hydrogen-bond acceptors (Lipinski definition) is 2. The molecular formula is C17H21NS. The van der Waals surface area contributed by atoms with Crippen LogP contribution in [0.25, 0.3) is 0 Å². The zero-order valence-electron chi connectivity index (χ0n) is 11.8. The van der Waals surface area contributed by atoms with E-state index < -0.39 is 0 Å². The SMILES string of the molecule is CSc1ccc(C(N)Cc2c(C)cccc2C)cc1. The lowest BCUT2D eigenvalue weighted by atomic mass is 9.93. The Labute approximate surface area is 120 Å². The molecule has 0 fully saturated rings. The minimum atomic E-state index is 0.0655. The molecule has 0 aliphatic rings. The fourth-order valence-electron chi connectivity index (χ4n) is 2.36. The summed E-state index contributed by atoms with van der Waals surface area (Å²) >= 11 is 1.76. The molecule has 0 bridgehead atoms. The van der Waals surface area contributed by atoms with Crippen molar-refractivity contribution in [3.05, 3.63) is 64.7 Å². The van der Waals surface area contributed by atoms with Crippen LogP contribution >= 0.6 is 11.8 Å². The molecule has 2 aromatic rings. The van der Waals surface area contributed by atoms with E-state index in [4.69, 9.17) is 5.73 Å². The minimum absolute atomic E-state index is 0.0655. The smallest absolute Gasteiger partial charge is 0.0335 e. The van der Waals surface area contributed by atoms with E-state index in [0.29, 0.717) is 0 Å². The summed E-state index contributed by atoms with van der Waals surface area (Å²) in [5, 5.41) is 0. The summed E-state index contributed by atoms with van der Waals surface area (Å²) in [4.78, 5) is 1.28. The molecule has 2 N–H and O–H groups in total. The van der Waals surface area contributed by atoms with Crippen LogP contribution in [-0.2, 0) is 6.42 Å². The molecule has 0 aliphatic carbocycles. The Kier molecular flexibility index (Phi) is 4.67. The molecule has 2 aromatic carbocycles. The summed E-state index contributed by atoms with van der Waals surface area (Å²) in [5.41, 5.74) is 11.6. The van der Waals surface area contributed by atoms with Gasteiger partial charge in [-0.3, -0.25) is 0 Å². The maximum atomic E-state index is 6.35. The van der Waals surface area contributed by atoms with Gasteiger partial charge in [-0.2, -0.15) is 0 Å². The van der Waals surface area contributed by atoms with Crippen LogP contribution in [0.3, 0.4) is 0 Å². The van der Waals surface area contributed by atoms with E-state index in [9.17, 15) is 0 Å². The Morgan fingerprint density at radius 1 is 1.00 bits per heavy atom. The molecule has 0 spiro atoms. The molecular weight excluding hydrogens is 250 g/mol. The van der Waals surface area contributed by atoms with Crippen molar-refractivity contribution in [2.75, 3.05) is 6.26 Å². The lowest BCUT2D eigenvalue weighted by Gasteiger charge is -2.16. The van der Waals surface area contributed by atoms with Gasteiger partial charge in [0.2, 0.25) is 0 Å². The quantitative estimate of drug-likeness (QED) is 0.840. The van der Waals surface area contributed by atoms with Crippen LogP contribution in [0.4, 0.5) is 0 Å². The van der Waals surface area contributed by atoms with Crippen LogP contribution < -0.4 is 5.73 Å². The van der Waals surface area contributed by atoms with Gasteiger partial charge >= 0.3 is 0 Å². The van der Waals surface area contributed by atoms with Crippen LogP contribution in [0, 0.1) is 13.8 Å². The van der Waals surface area contributed by atoms with Gasteiger partial charge in [0.05, 0.1) is 0 Å². The Hall–Kier alpha value is -1.25. The highest BCUT2D eigenvalue weighted by Gasteiger charge is 2.10. The highest BCUT2D eigenvalue weighted by Crippen LogP contribution is 2.23. The van der Waals surface area contributed by atoms with Crippen molar-refractivity contribution < 1.29 is 0 Å². The van der Waals surface area contributed by atoms with Gasteiger partial charge in [-0.1, -0.05) is 30.3 Å². The van der Waals surface area contributed by atoms with Crippen molar-refractivity contribution in [3.8, 4) is 0 Å². The maximum Gasteiger partial charge on any atom is 0.0335 e. The molecule has 0 heterocycles. The van der Waals surface area contributed by atoms with Crippen LogP contribution in [0.2, 0.25) is 0 Å². The number of thioether (sulfide) groups is 1. The molecule has 0 saturated heterocycles. The summed E-state index contributed by atoms with van der Waals surface area (Å²) in [6.07, 6.45) is 2.99. The van der Waals surface area contributed by atoms with E-state index in [0.717, 1.165) is 6.42 Å². The molecule has 2 rings (SSSR count). The zero-order chi connectivity index (χ0) is 13.8. The number of rotatable bonds is 4. The summed E-state index contributed by atoms with van der Waals surface area (Å²) in [7, 11) is 0. The molecule has 0 aromatic heterocycles. The van der Waals surface area contributed by atoms with E-state index in [1.54, 1.807) is 11.8 Å². The van der Waals surface area contributed by atoms with Gasteiger partial charge in [0, 0.05) is 10.9 Å². The van der Waals surface area contributed by atoms with Crippen LogP contribution in [0.5, 0.6) is 0 Å². The Balaban J connectivity index is 2.18. The van der Waals surface area contributed by atoms with E-state index in [1.807, 2.05) is 0 Å². The summed E-state index contributed by atoms with van der Waals surface area (Å²) in [5.74, 6) is 0. The molecule has 0 saturated carbocycles. The second kappa shape index (κ2) is 6.27. The standard InChI is InChI=1S/C17H21NS/c1-12-5-4-6-13(2)16(12)11-17(18)14-7-9-15(19-3)10-8-14/h4-10,17H,11,18H2,1-3H3. The molecule has 1 atom stereocenters. The van der Waals surface area contributed by atoms with Crippen LogP contribution in [0.1, 0.15) is 28.3 Å². The number of benzene rings is 2. The first-order chi connectivity index (χ1) is 9.11. The van der Waals surface area contributed by atoms with E-state index in [2.05, 4.69) is 62.6 Å². The predicted octanol–water partition coefficient (Wildman–Crippen LogP) is 4.27. The molecule has 1 unspecified atom stereocenters. The Morgan fingerprint density at radius 2 is 1.58 bits per heavy atom. The second-order valence-corrected chi connectivity index (χ2v) is 5.83. The molecule has 100 valence electrons. The lowest BCUT2D eigenvalue weighted by Crippen LogP contribution is -2.14. The number of nitrogens with two attached hydrogens (primary N) is 1. The van der Waals surface area contributed by atoms with Crippen molar-refractivity contribution in [2.24, 2.45) is 5.73 Å². The Morgan fingerprint density at radius 3 is 2.11 bits per heavy atom. The average Bonchev–Trinajstić information content (AvgIpc) is 2.43. The van der Waals surface area contributed by atoms with Crippen LogP contribution in [0.15, 0.2) is 47.4 Å². The van der Waals surface area contributed by atoms with Gasteiger partial charge in [-0.15, -0.1) is 11.8 Å². The monoisotopic (exact) mass is 271 g/mol. The zero-order valence-corrected chi connectivity index (χ0v) is 12.6. The van der Waals surface area contributed by atoms with Gasteiger partial charge in [0.1, 0.15) is 0 Å². The van der Waals surface area contributed by atoms with Gasteiger partial charge in [0.15, 0.2) is 0 Å². The molecule has 0 radical (unpaired) electrons. The van der Waals surface area contributed by atoms with Crippen molar-refractivity contribution in [2.45, 2.75) is 31.2 Å². The predicted molar refractivity (Wildman–Crippen MR) is 84.8 cm³/mol. The minimum Gasteiger partial charge on any atom is -0.324 e. The third kappa shape index (κ3) is 3.40. The molecule has 0 aliphatic heterocycles. The summed E-state index contributed by atoms with van der Waals surface area (Å²) < 4.78 is 0. The lowest BCUT2D eigenvalue weighted by molar-refractivity contribution is 0.715. The second-order valence-electron chi connectivity index (χ2n) is 4.95. The fraction of sp³-hybridized carbons (Fsp3) is 0.294. The first-order valence-electron chi connectivity index (χ1n) is 6.56. The number of aryl methyl sites for hydroxylation is 2. The fourth-order valence-corrected chi connectivity index (χ4v) is 2.77. The Bertz CT molecular complexity index is 525. The van der Waals surface area contributed by atoms with Crippen molar-refractivity contribution in [1.29, 1.82) is 0 Å². The van der Waals surface area contributed by atoms with Gasteiger partial charge in [0.25, 0.3) is 0 Å². The van der Waals surface area contributed by atoms with Gasteiger partial charge < -0.3 is 5.73 Å². The van der Waals surface area contributed by atoms with Crippen molar-refractivity contribution in [1.82, 2.24) is 0 Å². The van der Waals surface area contributed by atoms with E-state index >= 15 is 0 Å². The van der Waals surface area contributed by atoms with Crippen molar-refractivity contribution in [3.63, 3.8) is 0 Å². The largest absolute Gasteiger partial charge is 0.324 e. The summed E-state index contributed by atoms with van der Waals surface area (Å²) in [6, 6.07) is 15.1. The topological polar surface area (TPSA) is 26.0 Å². The third-order valence-corrected chi connectivity index (χ3v) is 4.36. The van der Waals surface area contributed by atoms with Gasteiger partial charge in [-0.25, -0.2) is 0 Å². The first-order valence-corrected chi connectivity index (χ1v) is 7.79. The third-order valence-electron chi connectivity index (χ3n) is 3.61. The molecule has 1 nitrogen and oxygen atoms in total. The average molecular weight is 271 g/mol. The first kappa shape index (κ1) is 14.2. The van der Waals surface area contributed by atoms with Crippen molar-refractivity contribution >= 4 is 11.8 Å².